The highest BCUT2D eigenvalue weighted by molar-refractivity contribution is 6.59. The second kappa shape index (κ2) is 7.15. The minimum Gasteiger partial charge on any atom is -0.451 e. The van der Waals surface area contributed by atoms with Gasteiger partial charge >= 0.3 is 6.09 Å². The summed E-state index contributed by atoms with van der Waals surface area (Å²) in [6.07, 6.45) is -0.279. The second-order valence-corrected chi connectivity index (χ2v) is 9.71. The standard InChI is InChI=1S/C22H30N2O4/c1-20(2,3)13-22(7,21(4,5)6)18(26)24-15-12-10-9-11-14(15)16(17(24)25)23-19(27)28-8/h9-12H,13H2,1-8H3. The van der Waals surface area contributed by atoms with Crippen LogP contribution in [0.25, 0.3) is 0 Å². The molecule has 6 nitrogen and oxygen atoms in total. The van der Waals surface area contributed by atoms with Crippen molar-refractivity contribution in [3.05, 3.63) is 29.8 Å². The number of ether oxygens (including phenoxy) is 1. The zero-order valence-corrected chi connectivity index (χ0v) is 18.0. The molecule has 152 valence electrons. The largest absolute Gasteiger partial charge is 0.451 e. The normalized spacial score (nSPS) is 18.1. The number of hydrogen-bond acceptors (Lipinski definition) is 4. The van der Waals surface area contributed by atoms with Crippen LogP contribution in [0.5, 0.6) is 0 Å². The summed E-state index contributed by atoms with van der Waals surface area (Å²) in [6, 6.07) is 6.88. The molecule has 1 unspecified atom stereocenters. The number of carbonyl (C=O) groups is 3. The Morgan fingerprint density at radius 2 is 1.61 bits per heavy atom. The Bertz CT molecular complexity index is 843. The highest BCUT2D eigenvalue weighted by atomic mass is 16.5. The van der Waals surface area contributed by atoms with Crippen LogP contribution in [0.15, 0.2) is 29.3 Å². The molecule has 0 saturated carbocycles. The maximum atomic E-state index is 13.8. The maximum Gasteiger partial charge on any atom is 0.434 e. The maximum absolute atomic E-state index is 13.8. The van der Waals surface area contributed by atoms with Crippen molar-refractivity contribution in [3.63, 3.8) is 0 Å². The molecule has 0 fully saturated rings. The number of methoxy groups -OCH3 is 1. The molecule has 1 atom stereocenters. The summed E-state index contributed by atoms with van der Waals surface area (Å²) in [5.41, 5.74) is -0.488. The van der Waals surface area contributed by atoms with Gasteiger partial charge in [0.1, 0.15) is 5.71 Å². The highest BCUT2D eigenvalue weighted by Crippen LogP contribution is 2.49. The first kappa shape index (κ1) is 21.8. The lowest BCUT2D eigenvalue weighted by molar-refractivity contribution is -0.138. The molecule has 1 aliphatic rings. The molecule has 3 amide bonds. The van der Waals surface area contributed by atoms with Crippen LogP contribution in [0, 0.1) is 16.2 Å². The van der Waals surface area contributed by atoms with Crippen molar-refractivity contribution < 1.29 is 19.1 Å². The van der Waals surface area contributed by atoms with Crippen LogP contribution in [0.3, 0.4) is 0 Å². The van der Waals surface area contributed by atoms with Crippen molar-refractivity contribution in [2.45, 2.75) is 54.9 Å². The van der Waals surface area contributed by atoms with E-state index in [0.29, 0.717) is 17.7 Å². The Kier molecular flexibility index (Phi) is 5.57. The number of aliphatic imine (C=N–C) groups is 1. The molecule has 1 aromatic carbocycles. The Hall–Kier alpha value is -2.50. The number of anilines is 1. The van der Waals surface area contributed by atoms with Crippen LogP contribution in [-0.4, -0.2) is 30.7 Å². The molecule has 0 saturated heterocycles. The van der Waals surface area contributed by atoms with E-state index in [-0.39, 0.29) is 17.0 Å². The second-order valence-electron chi connectivity index (χ2n) is 9.71. The van der Waals surface area contributed by atoms with Gasteiger partial charge in [-0.15, -0.1) is 0 Å². The number of hydrogen-bond donors (Lipinski definition) is 0. The average Bonchev–Trinajstić information content (AvgIpc) is 2.83. The number of nitrogens with zero attached hydrogens (tertiary/aromatic N) is 2. The number of amides is 3. The zero-order chi connectivity index (χ0) is 21.5. The topological polar surface area (TPSA) is 76.0 Å². The van der Waals surface area contributed by atoms with Gasteiger partial charge in [-0.25, -0.2) is 9.69 Å². The van der Waals surface area contributed by atoms with E-state index in [1.54, 1.807) is 24.3 Å². The van der Waals surface area contributed by atoms with Gasteiger partial charge in [-0.2, -0.15) is 4.99 Å². The molecule has 0 N–H and O–H groups in total. The minimum atomic E-state index is -0.874. The third-order valence-corrected chi connectivity index (χ3v) is 5.40. The van der Waals surface area contributed by atoms with Gasteiger partial charge in [-0.1, -0.05) is 66.7 Å². The number of benzene rings is 1. The third kappa shape index (κ3) is 3.86. The first-order valence-electron chi connectivity index (χ1n) is 9.38. The van der Waals surface area contributed by atoms with E-state index in [1.807, 2.05) is 27.7 Å². The van der Waals surface area contributed by atoms with Crippen LogP contribution >= 0.6 is 0 Å². The van der Waals surface area contributed by atoms with E-state index in [4.69, 9.17) is 0 Å². The fourth-order valence-corrected chi connectivity index (χ4v) is 3.61. The van der Waals surface area contributed by atoms with Gasteiger partial charge in [-0.05, 0) is 23.3 Å². The molecule has 0 radical (unpaired) electrons. The predicted molar refractivity (Wildman–Crippen MR) is 110 cm³/mol. The third-order valence-electron chi connectivity index (χ3n) is 5.40. The Balaban J connectivity index is 2.62. The molecule has 1 aliphatic heterocycles. The molecule has 2 rings (SSSR count). The van der Waals surface area contributed by atoms with Crippen molar-refractivity contribution in [1.29, 1.82) is 0 Å². The fraction of sp³-hybridized carbons (Fsp3) is 0.545. The number of imide groups is 1. The van der Waals surface area contributed by atoms with Gasteiger partial charge < -0.3 is 4.74 Å². The van der Waals surface area contributed by atoms with Crippen molar-refractivity contribution in [1.82, 2.24) is 0 Å². The Labute approximate surface area is 167 Å². The lowest BCUT2D eigenvalue weighted by Crippen LogP contribution is -2.52. The van der Waals surface area contributed by atoms with Gasteiger partial charge in [0.15, 0.2) is 0 Å². The molecule has 28 heavy (non-hydrogen) atoms. The van der Waals surface area contributed by atoms with E-state index in [1.165, 1.54) is 12.0 Å². The Morgan fingerprint density at radius 3 is 2.11 bits per heavy atom. The van der Waals surface area contributed by atoms with Crippen LogP contribution in [0.2, 0.25) is 0 Å². The molecule has 6 heteroatoms. The van der Waals surface area contributed by atoms with E-state index < -0.39 is 22.8 Å². The number of rotatable bonds is 2. The minimum absolute atomic E-state index is 0.0668. The SMILES string of the molecule is COC(=O)N=C1C(=O)N(C(=O)C(C)(CC(C)(C)C)C(C)(C)C)c2ccccc21. The van der Waals surface area contributed by atoms with E-state index in [2.05, 4.69) is 30.5 Å². The molecular formula is C22H30N2O4. The molecular weight excluding hydrogens is 356 g/mol. The van der Waals surface area contributed by atoms with Gasteiger partial charge in [0, 0.05) is 5.56 Å². The number of carbonyl (C=O) groups excluding carboxylic acids is 3. The quantitative estimate of drug-likeness (QED) is 0.744. The van der Waals surface area contributed by atoms with Crippen LogP contribution in [-0.2, 0) is 14.3 Å². The van der Waals surface area contributed by atoms with Gasteiger partial charge in [-0.3, -0.25) is 9.59 Å². The first-order valence-corrected chi connectivity index (χ1v) is 9.38. The van der Waals surface area contributed by atoms with Crippen molar-refractivity contribution in [3.8, 4) is 0 Å². The molecule has 0 aliphatic carbocycles. The Morgan fingerprint density at radius 1 is 1.04 bits per heavy atom. The number of fused-ring (bicyclic) bond motifs is 1. The summed E-state index contributed by atoms with van der Waals surface area (Å²) in [5.74, 6) is -0.886. The summed E-state index contributed by atoms with van der Waals surface area (Å²) in [4.78, 5) is 43.6. The summed E-state index contributed by atoms with van der Waals surface area (Å²) < 4.78 is 4.58. The number of para-hydroxylation sites is 1. The monoisotopic (exact) mass is 386 g/mol. The van der Waals surface area contributed by atoms with Crippen molar-refractivity contribution in [2.75, 3.05) is 12.0 Å². The summed E-state index contributed by atoms with van der Waals surface area (Å²) in [7, 11) is 1.20. The molecule has 0 aromatic heterocycles. The van der Waals surface area contributed by atoms with Crippen LogP contribution in [0.4, 0.5) is 10.5 Å². The van der Waals surface area contributed by atoms with Crippen LogP contribution < -0.4 is 4.90 Å². The van der Waals surface area contributed by atoms with Crippen molar-refractivity contribution >= 4 is 29.3 Å². The summed E-state index contributed by atoms with van der Waals surface area (Å²) in [6.45, 7) is 14.2. The first-order chi connectivity index (χ1) is 12.7. The average molecular weight is 386 g/mol. The lowest BCUT2D eigenvalue weighted by Gasteiger charge is -2.45. The fourth-order valence-electron chi connectivity index (χ4n) is 3.61. The van der Waals surface area contributed by atoms with Crippen LogP contribution in [0.1, 0.15) is 60.5 Å². The predicted octanol–water partition coefficient (Wildman–Crippen LogP) is 4.60. The van der Waals surface area contributed by atoms with Crippen molar-refractivity contribution in [2.24, 2.45) is 21.2 Å². The van der Waals surface area contributed by atoms with Gasteiger partial charge in [0.05, 0.1) is 18.2 Å². The molecule has 1 heterocycles. The summed E-state index contributed by atoms with van der Waals surface area (Å²) in [5, 5.41) is 0. The molecule has 0 bridgehead atoms. The van der Waals surface area contributed by atoms with E-state index in [9.17, 15) is 14.4 Å². The lowest BCUT2D eigenvalue weighted by atomic mass is 9.60. The summed E-state index contributed by atoms with van der Waals surface area (Å²) >= 11 is 0. The molecule has 0 spiro atoms. The van der Waals surface area contributed by atoms with Gasteiger partial charge in [0.2, 0.25) is 5.91 Å². The highest BCUT2D eigenvalue weighted by Gasteiger charge is 2.52. The van der Waals surface area contributed by atoms with Gasteiger partial charge in [0.25, 0.3) is 5.91 Å². The zero-order valence-electron chi connectivity index (χ0n) is 18.0. The van der Waals surface area contributed by atoms with E-state index in [0.717, 1.165) is 0 Å². The smallest absolute Gasteiger partial charge is 0.434 e. The molecule has 1 aromatic rings. The van der Waals surface area contributed by atoms with E-state index >= 15 is 0 Å².